The quantitative estimate of drug-likeness (QED) is 0.452. The Balaban J connectivity index is 0.00000220. The van der Waals surface area contributed by atoms with Gasteiger partial charge in [-0.05, 0) is 29.9 Å². The summed E-state index contributed by atoms with van der Waals surface area (Å²) >= 11 is 0. The number of unbranched alkanes of at least 4 members (excludes halogenated alkanes) is 3. The molecule has 0 spiro atoms. The third-order valence-electron chi connectivity index (χ3n) is 3.52. The molecule has 0 N–H and O–H groups in total. The molecule has 2 aromatic rings. The zero-order valence-corrected chi connectivity index (χ0v) is 15.4. The molecule has 0 aliphatic carbocycles. The first-order chi connectivity index (χ1) is 9.54. The first-order valence-electron chi connectivity index (χ1n) is 7.00. The van der Waals surface area contributed by atoms with Crippen molar-refractivity contribution < 1.29 is 42.5 Å². The Kier molecular flexibility index (Phi) is 7.37. The van der Waals surface area contributed by atoms with Crippen LogP contribution in [0, 0.1) is 0 Å². The van der Waals surface area contributed by atoms with E-state index in [-0.39, 0.29) is 34.5 Å². The molecular formula is C16H19NaO3S. The van der Waals surface area contributed by atoms with Gasteiger partial charge in [0.2, 0.25) is 0 Å². The maximum atomic E-state index is 11.4. The van der Waals surface area contributed by atoms with Gasteiger partial charge in [0.1, 0.15) is 10.1 Å². The molecule has 21 heavy (non-hydrogen) atoms. The summed E-state index contributed by atoms with van der Waals surface area (Å²) in [6.45, 7) is 2.15. The molecule has 0 saturated carbocycles. The van der Waals surface area contributed by atoms with Crippen molar-refractivity contribution >= 4 is 20.9 Å². The molecule has 0 aliphatic rings. The molecular weight excluding hydrogens is 295 g/mol. The fourth-order valence-corrected chi connectivity index (χ4v) is 3.28. The van der Waals surface area contributed by atoms with Gasteiger partial charge in [0.15, 0.2) is 0 Å². The Morgan fingerprint density at radius 2 is 1.67 bits per heavy atom. The van der Waals surface area contributed by atoms with Crippen molar-refractivity contribution in [1.29, 1.82) is 0 Å². The van der Waals surface area contributed by atoms with E-state index in [1.165, 1.54) is 12.5 Å². The average molecular weight is 314 g/mol. The van der Waals surface area contributed by atoms with E-state index in [1.807, 2.05) is 24.3 Å². The van der Waals surface area contributed by atoms with Crippen LogP contribution < -0.4 is 29.6 Å². The zero-order chi connectivity index (χ0) is 14.6. The topological polar surface area (TPSA) is 57.2 Å². The fraction of sp³-hybridized carbons (Fsp3) is 0.375. The van der Waals surface area contributed by atoms with Crippen LogP contribution in [0.4, 0.5) is 0 Å². The van der Waals surface area contributed by atoms with E-state index >= 15 is 0 Å². The number of hydrogen-bond acceptors (Lipinski definition) is 3. The Bertz CT molecular complexity index is 690. The normalized spacial score (nSPS) is 11.3. The molecule has 0 unspecified atom stereocenters. The molecule has 5 heteroatoms. The Morgan fingerprint density at radius 1 is 1.00 bits per heavy atom. The number of benzene rings is 2. The summed E-state index contributed by atoms with van der Waals surface area (Å²) < 4.78 is 34.3. The minimum Gasteiger partial charge on any atom is -0.744 e. The SMILES string of the molecule is CCCCCCc1cccc2cccc(S(=O)(=O)[O-])c12.[Na+]. The largest absolute Gasteiger partial charge is 1.00 e. The second kappa shape index (κ2) is 8.30. The molecule has 2 aromatic carbocycles. The number of hydrogen-bond donors (Lipinski definition) is 0. The molecule has 2 rings (SSSR count). The van der Waals surface area contributed by atoms with Crippen molar-refractivity contribution in [2.75, 3.05) is 0 Å². The van der Waals surface area contributed by atoms with Gasteiger partial charge in [-0.2, -0.15) is 0 Å². The molecule has 0 aromatic heterocycles. The van der Waals surface area contributed by atoms with Gasteiger partial charge in [-0.3, -0.25) is 0 Å². The van der Waals surface area contributed by atoms with E-state index in [0.29, 0.717) is 5.39 Å². The molecule has 3 nitrogen and oxygen atoms in total. The van der Waals surface area contributed by atoms with Gasteiger partial charge in [0.05, 0.1) is 4.90 Å². The van der Waals surface area contributed by atoms with Gasteiger partial charge in [-0.1, -0.05) is 56.5 Å². The molecule has 0 atom stereocenters. The van der Waals surface area contributed by atoms with E-state index in [1.54, 1.807) is 6.07 Å². The number of rotatable bonds is 6. The number of aryl methyl sites for hydroxylation is 1. The third-order valence-corrected chi connectivity index (χ3v) is 4.40. The molecule has 0 saturated heterocycles. The molecule has 0 fully saturated rings. The van der Waals surface area contributed by atoms with Crippen molar-refractivity contribution in [3.05, 3.63) is 42.0 Å². The number of fused-ring (bicyclic) bond motifs is 1. The first-order valence-corrected chi connectivity index (χ1v) is 8.41. The van der Waals surface area contributed by atoms with Crippen molar-refractivity contribution in [2.45, 2.75) is 43.9 Å². The fourth-order valence-electron chi connectivity index (χ4n) is 2.54. The Labute approximate surface area is 148 Å². The minimum absolute atomic E-state index is 0. The van der Waals surface area contributed by atoms with Gasteiger partial charge in [0.25, 0.3) is 0 Å². The Hall–Kier alpha value is -0.390. The predicted molar refractivity (Wildman–Crippen MR) is 79.8 cm³/mol. The second-order valence-corrected chi connectivity index (χ2v) is 6.38. The summed E-state index contributed by atoms with van der Waals surface area (Å²) in [4.78, 5) is -0.0962. The monoisotopic (exact) mass is 314 g/mol. The smallest absolute Gasteiger partial charge is 0.744 e. The van der Waals surface area contributed by atoms with E-state index in [2.05, 4.69) is 6.92 Å². The van der Waals surface area contributed by atoms with Crippen LogP contribution in [0.3, 0.4) is 0 Å². The first kappa shape index (κ1) is 18.7. The summed E-state index contributed by atoms with van der Waals surface area (Å²) in [6.07, 6.45) is 5.29. The van der Waals surface area contributed by atoms with E-state index < -0.39 is 10.1 Å². The molecule has 0 amide bonds. The summed E-state index contributed by atoms with van der Waals surface area (Å²) in [5, 5.41) is 1.41. The maximum absolute atomic E-state index is 11.4. The van der Waals surface area contributed by atoms with E-state index in [4.69, 9.17) is 0 Å². The van der Waals surface area contributed by atoms with Crippen molar-refractivity contribution in [1.82, 2.24) is 0 Å². The van der Waals surface area contributed by atoms with Gasteiger partial charge < -0.3 is 4.55 Å². The Morgan fingerprint density at radius 3 is 2.29 bits per heavy atom. The van der Waals surface area contributed by atoms with E-state index in [9.17, 15) is 13.0 Å². The molecule has 0 heterocycles. The summed E-state index contributed by atoms with van der Waals surface area (Å²) in [5.74, 6) is 0. The summed E-state index contributed by atoms with van der Waals surface area (Å²) in [7, 11) is -4.44. The zero-order valence-electron chi connectivity index (χ0n) is 12.6. The standard InChI is InChI=1S/C16H20O3S.Na/c1-2-3-4-5-8-13-9-6-10-14-11-7-12-15(16(13)14)20(17,18)19;/h6-7,9-12H,2-5,8H2,1H3,(H,17,18,19);/q;+1/p-1. The van der Waals surface area contributed by atoms with Gasteiger partial charge in [-0.15, -0.1) is 0 Å². The molecule has 0 radical (unpaired) electrons. The third kappa shape index (κ3) is 4.80. The van der Waals surface area contributed by atoms with Crippen molar-refractivity contribution in [3.8, 4) is 0 Å². The van der Waals surface area contributed by atoms with Crippen LogP contribution in [0.2, 0.25) is 0 Å². The van der Waals surface area contributed by atoms with Gasteiger partial charge in [-0.25, -0.2) is 8.42 Å². The van der Waals surface area contributed by atoms with Crippen LogP contribution in [0.5, 0.6) is 0 Å². The summed E-state index contributed by atoms with van der Waals surface area (Å²) in [6, 6.07) is 10.6. The summed E-state index contributed by atoms with van der Waals surface area (Å²) in [5.41, 5.74) is 0.952. The maximum Gasteiger partial charge on any atom is 1.00 e. The van der Waals surface area contributed by atoms with Crippen LogP contribution in [0.25, 0.3) is 10.8 Å². The van der Waals surface area contributed by atoms with Crippen LogP contribution in [-0.4, -0.2) is 13.0 Å². The van der Waals surface area contributed by atoms with Crippen LogP contribution in [0.15, 0.2) is 41.3 Å². The molecule has 0 bridgehead atoms. The van der Waals surface area contributed by atoms with Crippen molar-refractivity contribution in [2.24, 2.45) is 0 Å². The van der Waals surface area contributed by atoms with Crippen LogP contribution in [0.1, 0.15) is 38.2 Å². The van der Waals surface area contributed by atoms with Crippen molar-refractivity contribution in [3.63, 3.8) is 0 Å². The van der Waals surface area contributed by atoms with Gasteiger partial charge in [0, 0.05) is 5.39 Å². The van der Waals surface area contributed by atoms with Crippen LogP contribution >= 0.6 is 0 Å². The minimum atomic E-state index is -4.44. The van der Waals surface area contributed by atoms with E-state index in [0.717, 1.165) is 36.6 Å². The predicted octanol–water partition coefficient (Wildman–Crippen LogP) is 0.871. The average Bonchev–Trinajstić information content (AvgIpc) is 2.42. The van der Waals surface area contributed by atoms with Gasteiger partial charge >= 0.3 is 29.6 Å². The van der Waals surface area contributed by atoms with Crippen LogP contribution in [-0.2, 0) is 16.5 Å². The molecule has 0 aliphatic heterocycles. The second-order valence-electron chi connectivity index (χ2n) is 5.04. The molecule has 108 valence electrons.